The number of ether oxygens (including phenoxy) is 1. The third-order valence-electron chi connectivity index (χ3n) is 5.46. The second-order valence-corrected chi connectivity index (χ2v) is 8.34. The van der Waals surface area contributed by atoms with Crippen molar-refractivity contribution >= 4 is 50.9 Å². The van der Waals surface area contributed by atoms with E-state index in [2.05, 4.69) is 10.3 Å². The third-order valence-corrected chi connectivity index (χ3v) is 6.25. The van der Waals surface area contributed by atoms with Gasteiger partial charge in [-0.15, -0.1) is 0 Å². The number of hydrogen-bond donors (Lipinski definition) is 2. The summed E-state index contributed by atoms with van der Waals surface area (Å²) in [6.07, 6.45) is 3.16. The molecule has 1 aliphatic rings. The number of carbonyl (C=O) groups is 2. The van der Waals surface area contributed by atoms with Crippen LogP contribution in [0.3, 0.4) is 0 Å². The zero-order valence-corrected chi connectivity index (χ0v) is 18.6. The fourth-order valence-electron chi connectivity index (χ4n) is 3.83. The van der Waals surface area contributed by atoms with Crippen molar-refractivity contribution in [1.82, 2.24) is 9.88 Å². The Morgan fingerprint density at radius 3 is 2.82 bits per heavy atom. The zero-order chi connectivity index (χ0) is 23.5. The molecule has 0 spiro atoms. The number of hydrogen-bond acceptors (Lipinski definition) is 7. The number of nitrogens with zero attached hydrogens (tertiary/aromatic N) is 3. The summed E-state index contributed by atoms with van der Waals surface area (Å²) >= 11 is -2.70. The zero-order valence-electron chi connectivity index (χ0n) is 17.8. The Balaban J connectivity index is 1.52. The van der Waals surface area contributed by atoms with E-state index < -0.39 is 29.1 Å². The molecular formula is C22H22N5O5S-. The Morgan fingerprint density at radius 1 is 1.30 bits per heavy atom. The molecule has 1 aromatic heterocycles. The highest BCUT2D eigenvalue weighted by molar-refractivity contribution is 7.80. The van der Waals surface area contributed by atoms with Crippen LogP contribution in [-0.2, 0) is 20.9 Å². The highest BCUT2D eigenvalue weighted by atomic mass is 32.2. The minimum Gasteiger partial charge on any atom is -0.755 e. The summed E-state index contributed by atoms with van der Waals surface area (Å²) in [6.45, 7) is 0.0310. The summed E-state index contributed by atoms with van der Waals surface area (Å²) in [7, 11) is 1.55. The molecule has 0 aliphatic carbocycles. The lowest BCUT2D eigenvalue weighted by molar-refractivity contribution is -0.132. The summed E-state index contributed by atoms with van der Waals surface area (Å²) < 4.78 is 30.6. The van der Waals surface area contributed by atoms with Crippen LogP contribution < -0.4 is 20.1 Å². The molecule has 10 nitrogen and oxygen atoms in total. The predicted molar refractivity (Wildman–Crippen MR) is 124 cm³/mol. The summed E-state index contributed by atoms with van der Waals surface area (Å²) in [5, 5.41) is 4.32. The average Bonchev–Trinajstić information content (AvgIpc) is 3.14. The molecular weight excluding hydrogens is 446 g/mol. The number of benzene rings is 2. The van der Waals surface area contributed by atoms with Crippen LogP contribution in [0.15, 0.2) is 54.9 Å². The number of pyridine rings is 1. The number of nitrogens with one attached hydrogen (secondary N) is 1. The predicted octanol–water partition coefficient (Wildman–Crippen LogP) is 1.67. The lowest BCUT2D eigenvalue weighted by Gasteiger charge is -2.31. The molecule has 33 heavy (non-hydrogen) atoms. The number of carbonyl (C=O) groups excluding carboxylic acids is 2. The molecule has 2 aromatic carbocycles. The molecule has 11 heteroatoms. The fraction of sp³-hybridized carbons (Fsp3) is 0.227. The molecule has 3 aromatic rings. The fourth-order valence-corrected chi connectivity index (χ4v) is 4.52. The number of fused-ring (bicyclic) bond motifs is 1. The van der Waals surface area contributed by atoms with E-state index in [1.807, 2.05) is 12.1 Å². The van der Waals surface area contributed by atoms with E-state index >= 15 is 0 Å². The van der Waals surface area contributed by atoms with Crippen molar-refractivity contribution in [3.05, 3.63) is 54.9 Å². The quantitative estimate of drug-likeness (QED) is 0.503. The van der Waals surface area contributed by atoms with Crippen LogP contribution in [0.1, 0.15) is 6.42 Å². The van der Waals surface area contributed by atoms with Crippen LogP contribution in [0.4, 0.5) is 17.1 Å². The maximum absolute atomic E-state index is 13.0. The van der Waals surface area contributed by atoms with E-state index in [0.717, 1.165) is 15.1 Å². The first-order valence-corrected chi connectivity index (χ1v) is 11.1. The molecule has 3 N–H and O–H groups in total. The minimum absolute atomic E-state index is 0.217. The number of nitrogen functional groups attached to an aromatic ring is 1. The highest BCUT2D eigenvalue weighted by Gasteiger charge is 2.37. The normalized spacial score (nSPS) is 16.6. The van der Waals surface area contributed by atoms with Crippen LogP contribution in [0.2, 0.25) is 0 Å². The molecule has 0 bridgehead atoms. The Morgan fingerprint density at radius 2 is 2.09 bits per heavy atom. The topological polar surface area (TPSA) is 141 Å². The van der Waals surface area contributed by atoms with Crippen molar-refractivity contribution < 1.29 is 23.1 Å². The number of nitrogens with two attached hydrogens (primary N) is 1. The summed E-state index contributed by atoms with van der Waals surface area (Å²) in [6, 6.07) is 11.2. The third kappa shape index (κ3) is 4.73. The van der Waals surface area contributed by atoms with Gasteiger partial charge < -0.3 is 25.2 Å². The molecule has 172 valence electrons. The Kier molecular flexibility index (Phi) is 6.43. The molecule has 2 atom stereocenters. The molecule has 1 saturated heterocycles. The largest absolute Gasteiger partial charge is 0.755 e. The number of methoxy groups -OCH3 is 1. The molecule has 2 heterocycles. The van der Waals surface area contributed by atoms with Crippen molar-refractivity contribution in [1.29, 1.82) is 0 Å². The Bertz CT molecular complexity index is 1240. The van der Waals surface area contributed by atoms with E-state index in [4.69, 9.17) is 10.5 Å². The van der Waals surface area contributed by atoms with Gasteiger partial charge in [-0.2, -0.15) is 0 Å². The summed E-state index contributed by atoms with van der Waals surface area (Å²) in [5.74, 6) is -0.240. The minimum atomic E-state index is -2.70. The van der Waals surface area contributed by atoms with Crippen LogP contribution in [0.25, 0.3) is 10.8 Å². The van der Waals surface area contributed by atoms with Crippen LogP contribution in [0, 0.1) is 0 Å². The van der Waals surface area contributed by atoms with Crippen molar-refractivity contribution in [3.63, 3.8) is 0 Å². The smallest absolute Gasteiger partial charge is 0.246 e. The van der Waals surface area contributed by atoms with Gasteiger partial charge in [-0.05, 0) is 47.5 Å². The van der Waals surface area contributed by atoms with Crippen molar-refractivity contribution in [3.8, 4) is 5.75 Å². The van der Waals surface area contributed by atoms with Crippen LogP contribution >= 0.6 is 0 Å². The summed E-state index contributed by atoms with van der Waals surface area (Å²) in [4.78, 5) is 30.6. The van der Waals surface area contributed by atoms with Gasteiger partial charge in [0.05, 0.1) is 31.2 Å². The number of likely N-dealkylation sites (tertiary alicyclic amines) is 1. The van der Waals surface area contributed by atoms with Gasteiger partial charge in [0, 0.05) is 29.7 Å². The van der Waals surface area contributed by atoms with Gasteiger partial charge in [-0.25, -0.2) is 0 Å². The highest BCUT2D eigenvalue weighted by Crippen LogP contribution is 2.30. The second kappa shape index (κ2) is 9.43. The molecule has 1 fully saturated rings. The molecule has 0 radical (unpaired) electrons. The molecule has 2 amide bonds. The summed E-state index contributed by atoms with van der Waals surface area (Å²) in [5.41, 5.74) is 6.84. The first kappa shape index (κ1) is 22.5. The maximum Gasteiger partial charge on any atom is 0.246 e. The molecule has 1 aliphatic heterocycles. The Hall–Kier alpha value is -3.70. The van der Waals surface area contributed by atoms with Gasteiger partial charge >= 0.3 is 0 Å². The average molecular weight is 469 g/mol. The van der Waals surface area contributed by atoms with E-state index in [1.54, 1.807) is 37.4 Å². The first-order valence-electron chi connectivity index (χ1n) is 10.1. The monoisotopic (exact) mass is 468 g/mol. The van der Waals surface area contributed by atoms with Crippen molar-refractivity contribution in [2.24, 2.45) is 0 Å². The Labute approximate surface area is 192 Å². The SMILES string of the molecule is COc1ccc2ccc(N(C3CCN(CC(=O)Nc4ccncc4N)C3=O)S(=O)[O-])cc2c1. The maximum atomic E-state index is 13.0. The number of amides is 2. The van der Waals surface area contributed by atoms with Gasteiger partial charge in [0.25, 0.3) is 0 Å². The van der Waals surface area contributed by atoms with Crippen molar-refractivity contribution in [2.45, 2.75) is 12.5 Å². The van der Waals surface area contributed by atoms with E-state index in [1.165, 1.54) is 17.3 Å². The van der Waals surface area contributed by atoms with Crippen LogP contribution in [-0.4, -0.2) is 56.7 Å². The second-order valence-electron chi connectivity index (χ2n) is 7.52. The standard InChI is InChI=1S/C22H23N5O5S/c1-32-17-5-3-14-2-4-16(10-15(14)11-17)27(33(30)31)20-7-9-26(22(20)29)13-21(28)25-19-6-8-24-12-18(19)23/h2-6,8,10-12,20H,7,9,13,23H2,1H3,(H,30,31)(H,24,25,28)/p-1. The number of aromatic nitrogens is 1. The molecule has 2 unspecified atom stereocenters. The van der Waals surface area contributed by atoms with E-state index in [9.17, 15) is 18.4 Å². The molecule has 0 saturated carbocycles. The van der Waals surface area contributed by atoms with Gasteiger partial charge in [-0.3, -0.25) is 23.1 Å². The van der Waals surface area contributed by atoms with Gasteiger partial charge in [0.1, 0.15) is 11.8 Å². The van der Waals surface area contributed by atoms with Gasteiger partial charge in [0.2, 0.25) is 11.8 Å². The lowest BCUT2D eigenvalue weighted by atomic mass is 10.1. The van der Waals surface area contributed by atoms with Crippen LogP contribution in [0.5, 0.6) is 5.75 Å². The molecule has 4 rings (SSSR count). The first-order chi connectivity index (χ1) is 15.9. The van der Waals surface area contributed by atoms with Gasteiger partial charge in [-0.1, -0.05) is 12.1 Å². The van der Waals surface area contributed by atoms with Gasteiger partial charge in [0.15, 0.2) is 0 Å². The van der Waals surface area contributed by atoms with Crippen molar-refractivity contribution in [2.75, 3.05) is 35.6 Å². The van der Waals surface area contributed by atoms with E-state index in [-0.39, 0.29) is 19.5 Å². The van der Waals surface area contributed by atoms with E-state index in [0.29, 0.717) is 22.8 Å². The lowest BCUT2D eigenvalue weighted by Crippen LogP contribution is -2.44. The number of anilines is 3. The number of rotatable bonds is 7.